The van der Waals surface area contributed by atoms with Gasteiger partial charge in [0.05, 0.1) is 5.56 Å². The lowest BCUT2D eigenvalue weighted by molar-refractivity contribution is -0.118. The number of rotatable bonds is 6. The van der Waals surface area contributed by atoms with Crippen molar-refractivity contribution in [3.05, 3.63) is 36.0 Å². The number of carbonyl (C=O) groups excluding carboxylic acids is 2. The summed E-state index contributed by atoms with van der Waals surface area (Å²) in [7, 11) is 0. The van der Waals surface area contributed by atoms with E-state index in [9.17, 15) is 9.59 Å². The number of aromatic nitrogens is 1. The molecule has 1 aromatic carbocycles. The van der Waals surface area contributed by atoms with E-state index in [1.165, 1.54) is 6.20 Å². The number of carbonyl (C=O) groups is 2. The van der Waals surface area contributed by atoms with Crippen LogP contribution in [0.3, 0.4) is 0 Å². The Kier molecular flexibility index (Phi) is 4.71. The zero-order valence-corrected chi connectivity index (χ0v) is 11.6. The molecule has 1 aromatic heterocycles. The summed E-state index contributed by atoms with van der Waals surface area (Å²) >= 11 is 0. The maximum Gasteiger partial charge on any atom is 0.253 e. The van der Waals surface area contributed by atoms with Crippen LogP contribution in [-0.2, 0) is 4.79 Å². The van der Waals surface area contributed by atoms with Crippen molar-refractivity contribution in [1.29, 1.82) is 0 Å². The molecule has 0 fully saturated rings. The zero-order valence-electron chi connectivity index (χ0n) is 11.6. The van der Waals surface area contributed by atoms with Crippen LogP contribution in [-0.4, -0.2) is 23.3 Å². The van der Waals surface area contributed by atoms with Gasteiger partial charge in [-0.25, -0.2) is 4.98 Å². The molecular formula is C15H18N4O2. The molecule has 0 saturated carbocycles. The van der Waals surface area contributed by atoms with Crippen molar-refractivity contribution in [2.75, 3.05) is 12.3 Å². The van der Waals surface area contributed by atoms with Crippen molar-refractivity contribution in [2.24, 2.45) is 5.73 Å². The maximum atomic E-state index is 12.2. The Hall–Kier alpha value is -2.63. The molecule has 0 atom stereocenters. The summed E-state index contributed by atoms with van der Waals surface area (Å²) < 4.78 is 0. The van der Waals surface area contributed by atoms with Gasteiger partial charge in [-0.2, -0.15) is 0 Å². The monoisotopic (exact) mass is 286 g/mol. The van der Waals surface area contributed by atoms with Crippen molar-refractivity contribution >= 4 is 28.4 Å². The first-order valence-electron chi connectivity index (χ1n) is 6.79. The van der Waals surface area contributed by atoms with Crippen molar-refractivity contribution in [3.63, 3.8) is 0 Å². The molecule has 0 bridgehead atoms. The summed E-state index contributed by atoms with van der Waals surface area (Å²) in [4.78, 5) is 26.8. The molecule has 0 saturated heterocycles. The Balaban J connectivity index is 2.03. The number of unbranched alkanes of at least 4 members (excludes halogenated alkanes) is 1. The number of nitrogens with zero attached hydrogens (tertiary/aromatic N) is 1. The second-order valence-corrected chi connectivity index (χ2v) is 4.78. The molecule has 110 valence electrons. The first-order chi connectivity index (χ1) is 10.1. The highest BCUT2D eigenvalue weighted by Gasteiger charge is 2.11. The van der Waals surface area contributed by atoms with Crippen molar-refractivity contribution in [3.8, 4) is 0 Å². The van der Waals surface area contributed by atoms with Gasteiger partial charge in [-0.15, -0.1) is 0 Å². The summed E-state index contributed by atoms with van der Waals surface area (Å²) in [6.45, 7) is 0.491. The second-order valence-electron chi connectivity index (χ2n) is 4.78. The highest BCUT2D eigenvalue weighted by Crippen LogP contribution is 2.22. The quantitative estimate of drug-likeness (QED) is 0.693. The number of anilines is 1. The summed E-state index contributed by atoms with van der Waals surface area (Å²) in [6, 6.07) is 7.38. The lowest BCUT2D eigenvalue weighted by Gasteiger charge is -2.08. The van der Waals surface area contributed by atoms with E-state index in [-0.39, 0.29) is 11.8 Å². The Morgan fingerprint density at radius 1 is 1.14 bits per heavy atom. The van der Waals surface area contributed by atoms with Crippen LogP contribution in [0.2, 0.25) is 0 Å². The standard InChI is InChI=1S/C15H18N4O2/c16-13(20)7-3-4-8-18-15(21)12-9-19-14(17)11-6-2-1-5-10(11)12/h1-2,5-6,9H,3-4,7-8H2,(H2,16,20)(H2,17,19)(H,18,21). The van der Waals surface area contributed by atoms with Gasteiger partial charge >= 0.3 is 0 Å². The smallest absolute Gasteiger partial charge is 0.253 e. The van der Waals surface area contributed by atoms with E-state index >= 15 is 0 Å². The number of hydrogen-bond donors (Lipinski definition) is 3. The van der Waals surface area contributed by atoms with Crippen LogP contribution in [0.1, 0.15) is 29.6 Å². The Morgan fingerprint density at radius 2 is 1.86 bits per heavy atom. The molecule has 0 aliphatic heterocycles. The van der Waals surface area contributed by atoms with E-state index in [0.29, 0.717) is 37.2 Å². The van der Waals surface area contributed by atoms with E-state index < -0.39 is 0 Å². The second kappa shape index (κ2) is 6.69. The lowest BCUT2D eigenvalue weighted by atomic mass is 10.1. The van der Waals surface area contributed by atoms with Gasteiger partial charge in [0.1, 0.15) is 5.82 Å². The van der Waals surface area contributed by atoms with Crippen molar-refractivity contribution in [2.45, 2.75) is 19.3 Å². The van der Waals surface area contributed by atoms with E-state index in [4.69, 9.17) is 11.5 Å². The minimum atomic E-state index is -0.324. The van der Waals surface area contributed by atoms with Crippen LogP contribution < -0.4 is 16.8 Å². The largest absolute Gasteiger partial charge is 0.383 e. The molecule has 2 aromatic rings. The van der Waals surface area contributed by atoms with E-state index in [0.717, 1.165) is 10.8 Å². The van der Waals surface area contributed by atoms with E-state index in [1.807, 2.05) is 24.3 Å². The third-order valence-corrected chi connectivity index (χ3v) is 3.21. The molecule has 5 N–H and O–H groups in total. The molecule has 6 heteroatoms. The Morgan fingerprint density at radius 3 is 2.57 bits per heavy atom. The van der Waals surface area contributed by atoms with Crippen molar-refractivity contribution < 1.29 is 9.59 Å². The highest BCUT2D eigenvalue weighted by atomic mass is 16.2. The van der Waals surface area contributed by atoms with Gasteiger partial charge in [0, 0.05) is 24.5 Å². The van der Waals surface area contributed by atoms with Crippen LogP contribution in [0.4, 0.5) is 5.82 Å². The van der Waals surface area contributed by atoms with Gasteiger partial charge < -0.3 is 16.8 Å². The van der Waals surface area contributed by atoms with Gasteiger partial charge in [-0.1, -0.05) is 24.3 Å². The maximum absolute atomic E-state index is 12.2. The molecular weight excluding hydrogens is 268 g/mol. The van der Waals surface area contributed by atoms with Crippen LogP contribution in [0, 0.1) is 0 Å². The van der Waals surface area contributed by atoms with Crippen LogP contribution >= 0.6 is 0 Å². The first kappa shape index (κ1) is 14.8. The fourth-order valence-corrected chi connectivity index (χ4v) is 2.12. The van der Waals surface area contributed by atoms with E-state index in [1.54, 1.807) is 0 Å². The average Bonchev–Trinajstić information content (AvgIpc) is 2.47. The van der Waals surface area contributed by atoms with Crippen molar-refractivity contribution in [1.82, 2.24) is 10.3 Å². The minimum Gasteiger partial charge on any atom is -0.383 e. The molecule has 0 aliphatic rings. The highest BCUT2D eigenvalue weighted by molar-refractivity contribution is 6.08. The van der Waals surface area contributed by atoms with Gasteiger partial charge in [0.25, 0.3) is 5.91 Å². The minimum absolute atomic E-state index is 0.197. The predicted molar refractivity (Wildman–Crippen MR) is 81.5 cm³/mol. The number of nitrogens with two attached hydrogens (primary N) is 2. The first-order valence-corrected chi connectivity index (χ1v) is 6.79. The lowest BCUT2D eigenvalue weighted by Crippen LogP contribution is -2.25. The molecule has 2 amide bonds. The molecule has 0 aliphatic carbocycles. The summed E-state index contributed by atoms with van der Waals surface area (Å²) in [5, 5.41) is 4.35. The number of hydrogen-bond acceptors (Lipinski definition) is 4. The molecule has 21 heavy (non-hydrogen) atoms. The fourth-order valence-electron chi connectivity index (χ4n) is 2.12. The molecule has 6 nitrogen and oxygen atoms in total. The van der Waals surface area contributed by atoms with Crippen LogP contribution in [0.25, 0.3) is 10.8 Å². The third-order valence-electron chi connectivity index (χ3n) is 3.21. The van der Waals surface area contributed by atoms with Crippen LogP contribution in [0.5, 0.6) is 0 Å². The summed E-state index contributed by atoms with van der Waals surface area (Å²) in [6.07, 6.45) is 3.18. The van der Waals surface area contributed by atoms with Crippen LogP contribution in [0.15, 0.2) is 30.5 Å². The fraction of sp³-hybridized carbons (Fsp3) is 0.267. The number of primary amides is 1. The number of amides is 2. The molecule has 0 unspecified atom stereocenters. The van der Waals surface area contributed by atoms with Gasteiger partial charge in [0.2, 0.25) is 5.91 Å². The predicted octanol–water partition coefficient (Wildman–Crippen LogP) is 1.20. The number of nitrogen functional groups attached to an aromatic ring is 1. The average molecular weight is 286 g/mol. The third kappa shape index (κ3) is 3.68. The molecule has 1 heterocycles. The SMILES string of the molecule is NC(=O)CCCCNC(=O)c1cnc(N)c2ccccc12. The number of pyridine rings is 1. The topological polar surface area (TPSA) is 111 Å². The summed E-state index contributed by atoms with van der Waals surface area (Å²) in [5.41, 5.74) is 11.4. The Labute approximate surface area is 122 Å². The molecule has 0 radical (unpaired) electrons. The zero-order chi connectivity index (χ0) is 15.2. The normalized spacial score (nSPS) is 10.5. The van der Waals surface area contributed by atoms with Gasteiger partial charge in [-0.3, -0.25) is 9.59 Å². The Bertz CT molecular complexity index is 670. The number of fused-ring (bicyclic) bond motifs is 1. The molecule has 2 rings (SSSR count). The molecule has 0 spiro atoms. The summed E-state index contributed by atoms with van der Waals surface area (Å²) in [5.74, 6) is -0.114. The number of nitrogens with one attached hydrogen (secondary N) is 1. The van der Waals surface area contributed by atoms with Gasteiger partial charge in [0.15, 0.2) is 0 Å². The van der Waals surface area contributed by atoms with E-state index in [2.05, 4.69) is 10.3 Å². The van der Waals surface area contributed by atoms with Gasteiger partial charge in [-0.05, 0) is 18.2 Å². The number of benzene rings is 1.